The van der Waals surface area contributed by atoms with Crippen LogP contribution in [0.3, 0.4) is 0 Å². The number of rotatable bonds is 4. The largest absolute Gasteiger partial charge is 0.456 e. The van der Waals surface area contributed by atoms with Crippen molar-refractivity contribution in [3.05, 3.63) is 176 Å². The zero-order valence-corrected chi connectivity index (χ0v) is 31.3. The molecule has 0 saturated carbocycles. The molecule has 274 valence electrons. The third kappa shape index (κ3) is 4.84. The standard InChI is InChI=1S/C53H29N3O3/c1-2-12-34-30(11-1)28-33(29-41(34)36-16-9-21-45-49(36)38-14-4-7-19-43(38)57-45)52-54-51(55-53(56-52)40-17-10-22-46-50(40)39-15-5-8-20-44(39)58-46)32-23-25-35-31(27-32)24-26-47-48(35)37-13-3-6-18-42(37)59-47/h1-29H. The van der Waals surface area contributed by atoms with E-state index in [1.54, 1.807) is 0 Å². The molecule has 0 aliphatic heterocycles. The lowest BCUT2D eigenvalue weighted by Gasteiger charge is -2.13. The molecule has 59 heavy (non-hydrogen) atoms. The first-order chi connectivity index (χ1) is 29.2. The van der Waals surface area contributed by atoms with Gasteiger partial charge in [0.2, 0.25) is 0 Å². The second-order valence-electron chi connectivity index (χ2n) is 15.1. The number of nitrogens with zero attached hydrogens (tertiary/aromatic N) is 3. The fraction of sp³-hybridized carbons (Fsp3) is 0. The van der Waals surface area contributed by atoms with Gasteiger partial charge in [-0.2, -0.15) is 0 Å². The second-order valence-corrected chi connectivity index (χ2v) is 15.1. The molecule has 6 nitrogen and oxygen atoms in total. The maximum Gasteiger partial charge on any atom is 0.164 e. The van der Waals surface area contributed by atoms with Crippen LogP contribution in [0.1, 0.15) is 0 Å². The van der Waals surface area contributed by atoms with Gasteiger partial charge in [0.1, 0.15) is 33.5 Å². The Labute approximate surface area is 335 Å². The molecular formula is C53H29N3O3. The zero-order chi connectivity index (χ0) is 38.6. The quantitative estimate of drug-likeness (QED) is 0.178. The van der Waals surface area contributed by atoms with Gasteiger partial charge in [-0.05, 0) is 87.3 Å². The van der Waals surface area contributed by atoms with Crippen LogP contribution < -0.4 is 0 Å². The lowest BCUT2D eigenvalue weighted by Crippen LogP contribution is -2.01. The molecule has 0 amide bonds. The van der Waals surface area contributed by atoms with Crippen LogP contribution in [-0.2, 0) is 0 Å². The highest BCUT2D eigenvalue weighted by Crippen LogP contribution is 2.43. The van der Waals surface area contributed by atoms with Crippen molar-refractivity contribution in [1.82, 2.24) is 15.0 Å². The van der Waals surface area contributed by atoms with Gasteiger partial charge in [-0.25, -0.2) is 15.0 Å². The highest BCUT2D eigenvalue weighted by molar-refractivity contribution is 6.19. The third-order valence-corrected chi connectivity index (χ3v) is 11.7. The summed E-state index contributed by atoms with van der Waals surface area (Å²) in [5.74, 6) is 1.71. The molecule has 0 aliphatic rings. The molecule has 0 bridgehead atoms. The summed E-state index contributed by atoms with van der Waals surface area (Å²) in [4.78, 5) is 15.9. The van der Waals surface area contributed by atoms with E-state index < -0.39 is 0 Å². The molecule has 6 heteroatoms. The average Bonchev–Trinajstić information content (AvgIpc) is 4.00. The molecule has 0 spiro atoms. The Hall–Kier alpha value is -8.09. The minimum absolute atomic E-state index is 0.566. The van der Waals surface area contributed by atoms with Crippen LogP contribution in [-0.4, -0.2) is 15.0 Å². The summed E-state index contributed by atoms with van der Waals surface area (Å²) in [5, 5.41) is 10.7. The summed E-state index contributed by atoms with van der Waals surface area (Å²) in [7, 11) is 0. The van der Waals surface area contributed by atoms with Gasteiger partial charge >= 0.3 is 0 Å². The molecule has 0 radical (unpaired) electrons. The predicted molar refractivity (Wildman–Crippen MR) is 238 cm³/mol. The second kappa shape index (κ2) is 12.2. The first kappa shape index (κ1) is 32.0. The van der Waals surface area contributed by atoms with Crippen LogP contribution in [0, 0.1) is 0 Å². The Morgan fingerprint density at radius 2 is 0.763 bits per heavy atom. The number of benzene rings is 9. The monoisotopic (exact) mass is 755 g/mol. The predicted octanol–water partition coefficient (Wildman–Crippen LogP) is 14.5. The van der Waals surface area contributed by atoms with Crippen molar-refractivity contribution in [1.29, 1.82) is 0 Å². The van der Waals surface area contributed by atoms with E-state index in [4.69, 9.17) is 28.2 Å². The Morgan fingerprint density at radius 3 is 1.46 bits per heavy atom. The minimum Gasteiger partial charge on any atom is -0.456 e. The molecule has 4 heterocycles. The molecule has 0 N–H and O–H groups in total. The number of furan rings is 3. The Morgan fingerprint density at radius 1 is 0.271 bits per heavy atom. The number of para-hydroxylation sites is 3. The van der Waals surface area contributed by atoms with Crippen LogP contribution >= 0.6 is 0 Å². The third-order valence-electron chi connectivity index (χ3n) is 11.7. The zero-order valence-electron chi connectivity index (χ0n) is 31.3. The summed E-state index contributed by atoms with van der Waals surface area (Å²) in [6, 6.07) is 60.4. The Kier molecular flexibility index (Phi) is 6.63. The van der Waals surface area contributed by atoms with Crippen LogP contribution in [0.4, 0.5) is 0 Å². The van der Waals surface area contributed by atoms with Gasteiger partial charge in [0.05, 0.1) is 0 Å². The molecule has 13 rings (SSSR count). The van der Waals surface area contributed by atoms with Gasteiger partial charge in [-0.15, -0.1) is 0 Å². The van der Waals surface area contributed by atoms with E-state index in [9.17, 15) is 0 Å². The summed E-state index contributed by atoms with van der Waals surface area (Å²) >= 11 is 0. The average molecular weight is 756 g/mol. The number of hydrogen-bond acceptors (Lipinski definition) is 6. The molecule has 0 aliphatic carbocycles. The van der Waals surface area contributed by atoms with Crippen molar-refractivity contribution in [3.8, 4) is 45.3 Å². The van der Waals surface area contributed by atoms with E-state index in [1.165, 1.54) is 0 Å². The van der Waals surface area contributed by atoms with E-state index in [1.807, 2.05) is 60.7 Å². The molecule has 13 aromatic rings. The fourth-order valence-electron chi connectivity index (χ4n) is 9.07. The highest BCUT2D eigenvalue weighted by Gasteiger charge is 2.21. The highest BCUT2D eigenvalue weighted by atomic mass is 16.3. The smallest absolute Gasteiger partial charge is 0.164 e. The van der Waals surface area contributed by atoms with Crippen LogP contribution in [0.2, 0.25) is 0 Å². The number of fused-ring (bicyclic) bond motifs is 12. The first-order valence-electron chi connectivity index (χ1n) is 19.7. The van der Waals surface area contributed by atoms with Gasteiger partial charge in [-0.3, -0.25) is 0 Å². The van der Waals surface area contributed by atoms with Crippen LogP contribution in [0.15, 0.2) is 189 Å². The summed E-state index contributed by atoms with van der Waals surface area (Å²) in [6.07, 6.45) is 0. The van der Waals surface area contributed by atoms with Crippen molar-refractivity contribution >= 4 is 87.4 Å². The van der Waals surface area contributed by atoms with E-state index in [0.29, 0.717) is 17.5 Å². The molecular weight excluding hydrogens is 727 g/mol. The molecule has 9 aromatic carbocycles. The number of hydrogen-bond donors (Lipinski definition) is 0. The maximum absolute atomic E-state index is 6.35. The number of aromatic nitrogens is 3. The molecule has 0 atom stereocenters. The van der Waals surface area contributed by atoms with Gasteiger partial charge in [0, 0.05) is 49.0 Å². The van der Waals surface area contributed by atoms with E-state index in [0.717, 1.165) is 115 Å². The van der Waals surface area contributed by atoms with Crippen LogP contribution in [0.5, 0.6) is 0 Å². The molecule has 0 fully saturated rings. The molecule has 0 unspecified atom stereocenters. The fourth-order valence-corrected chi connectivity index (χ4v) is 9.07. The van der Waals surface area contributed by atoms with Gasteiger partial charge in [-0.1, -0.05) is 121 Å². The lowest BCUT2D eigenvalue weighted by atomic mass is 9.92. The Balaban J connectivity index is 1.08. The first-order valence-corrected chi connectivity index (χ1v) is 19.7. The van der Waals surface area contributed by atoms with Crippen molar-refractivity contribution in [2.75, 3.05) is 0 Å². The van der Waals surface area contributed by atoms with E-state index in [-0.39, 0.29) is 0 Å². The normalized spacial score (nSPS) is 12.1. The summed E-state index contributed by atoms with van der Waals surface area (Å²) in [5.41, 5.74) is 9.84. The maximum atomic E-state index is 6.35. The molecule has 0 saturated heterocycles. The topological polar surface area (TPSA) is 78.1 Å². The minimum atomic E-state index is 0.566. The van der Waals surface area contributed by atoms with Gasteiger partial charge < -0.3 is 13.3 Å². The van der Waals surface area contributed by atoms with Crippen LogP contribution in [0.25, 0.3) is 133 Å². The van der Waals surface area contributed by atoms with Gasteiger partial charge in [0.25, 0.3) is 0 Å². The van der Waals surface area contributed by atoms with Crippen molar-refractivity contribution in [2.45, 2.75) is 0 Å². The van der Waals surface area contributed by atoms with E-state index >= 15 is 0 Å². The van der Waals surface area contributed by atoms with Crippen molar-refractivity contribution < 1.29 is 13.3 Å². The molecule has 4 aromatic heterocycles. The SMILES string of the molecule is c1ccc2c(-c3cccc4oc5ccccc5c34)cc(-c3nc(-c4ccc5c(ccc6oc7ccccc7c65)c4)nc(-c4cccc5oc6ccccc6c45)n3)cc2c1. The van der Waals surface area contributed by atoms with E-state index in [2.05, 4.69) is 115 Å². The Bertz CT molecular complexity index is 3870. The van der Waals surface area contributed by atoms with Crippen molar-refractivity contribution in [2.24, 2.45) is 0 Å². The lowest BCUT2D eigenvalue weighted by molar-refractivity contribution is 0.668. The summed E-state index contributed by atoms with van der Waals surface area (Å²) < 4.78 is 18.9. The van der Waals surface area contributed by atoms with Crippen molar-refractivity contribution in [3.63, 3.8) is 0 Å². The summed E-state index contributed by atoms with van der Waals surface area (Å²) in [6.45, 7) is 0. The van der Waals surface area contributed by atoms with Gasteiger partial charge in [0.15, 0.2) is 17.5 Å².